The summed E-state index contributed by atoms with van der Waals surface area (Å²) >= 11 is 0. The Kier molecular flexibility index (Phi) is 4.04. The first-order chi connectivity index (χ1) is 9.31. The van der Waals surface area contributed by atoms with Gasteiger partial charge in [-0.25, -0.2) is 8.42 Å². The zero-order chi connectivity index (χ0) is 14.9. The molecule has 0 fully saturated rings. The highest BCUT2D eigenvalue weighted by Crippen LogP contribution is 2.39. The fraction of sp³-hybridized carbons (Fsp3) is 0.500. The van der Waals surface area contributed by atoms with Gasteiger partial charge in [0.15, 0.2) is 0 Å². The molecule has 0 amide bonds. The highest BCUT2D eigenvalue weighted by Gasteiger charge is 2.36. The van der Waals surface area contributed by atoms with Crippen LogP contribution in [0, 0.1) is 5.92 Å². The highest BCUT2D eigenvalue weighted by molar-refractivity contribution is 7.92. The average Bonchev–Trinajstić information content (AvgIpc) is 2.67. The molecule has 5 nitrogen and oxygen atoms in total. The minimum Gasteiger partial charge on any atom is -0.481 e. The monoisotopic (exact) mass is 297 g/mol. The lowest BCUT2D eigenvalue weighted by molar-refractivity contribution is -0.137. The van der Waals surface area contributed by atoms with E-state index in [0.29, 0.717) is 5.69 Å². The Morgan fingerprint density at radius 1 is 1.40 bits per heavy atom. The third-order valence-corrected chi connectivity index (χ3v) is 5.44. The Labute approximate surface area is 119 Å². The summed E-state index contributed by atoms with van der Waals surface area (Å²) in [5.74, 6) is -1.08. The Bertz CT molecular complexity index is 609. The van der Waals surface area contributed by atoms with Gasteiger partial charge in [0.1, 0.15) is 0 Å². The average molecular weight is 297 g/mol. The standard InChI is InChI=1S/C14H19NO4S/c1-10(2)9-20(18,19)15-8-11(7-14(16)17)12-5-3-4-6-13(12)15/h3-6,10-11H,7-9H2,1-2H3,(H,16,17). The molecule has 2 rings (SSSR count). The molecular weight excluding hydrogens is 278 g/mol. The Morgan fingerprint density at radius 3 is 2.65 bits per heavy atom. The predicted molar refractivity (Wildman–Crippen MR) is 77.4 cm³/mol. The number of carboxylic acid groups (broad SMARTS) is 1. The van der Waals surface area contributed by atoms with Crippen molar-refractivity contribution in [2.24, 2.45) is 5.92 Å². The van der Waals surface area contributed by atoms with Crippen LogP contribution in [0.4, 0.5) is 5.69 Å². The van der Waals surface area contributed by atoms with Crippen LogP contribution >= 0.6 is 0 Å². The summed E-state index contributed by atoms with van der Waals surface area (Å²) in [5, 5.41) is 8.97. The summed E-state index contributed by atoms with van der Waals surface area (Å²) < 4.78 is 26.2. The summed E-state index contributed by atoms with van der Waals surface area (Å²) in [6, 6.07) is 7.15. The summed E-state index contributed by atoms with van der Waals surface area (Å²) in [6.07, 6.45) is -0.0509. The molecule has 1 unspecified atom stereocenters. The van der Waals surface area contributed by atoms with Gasteiger partial charge in [0.25, 0.3) is 0 Å². The van der Waals surface area contributed by atoms with Crippen molar-refractivity contribution in [2.75, 3.05) is 16.6 Å². The van der Waals surface area contributed by atoms with Gasteiger partial charge in [-0.15, -0.1) is 0 Å². The smallest absolute Gasteiger partial charge is 0.304 e. The lowest BCUT2D eigenvalue weighted by Gasteiger charge is -2.21. The molecule has 1 N–H and O–H groups in total. The molecule has 6 heteroatoms. The number of benzene rings is 1. The van der Waals surface area contributed by atoms with Crippen molar-refractivity contribution in [3.63, 3.8) is 0 Å². The van der Waals surface area contributed by atoms with E-state index in [0.717, 1.165) is 5.56 Å². The van der Waals surface area contributed by atoms with Gasteiger partial charge in [-0.05, 0) is 17.5 Å². The molecule has 0 radical (unpaired) electrons. The van der Waals surface area contributed by atoms with E-state index in [1.807, 2.05) is 26.0 Å². The molecule has 1 atom stereocenters. The molecule has 1 aliphatic rings. The van der Waals surface area contributed by atoms with E-state index in [1.54, 1.807) is 12.1 Å². The fourth-order valence-corrected chi connectivity index (χ4v) is 4.51. The molecule has 0 saturated heterocycles. The van der Waals surface area contributed by atoms with Crippen molar-refractivity contribution in [1.29, 1.82) is 0 Å². The number of carboxylic acids is 1. The Balaban J connectivity index is 2.36. The van der Waals surface area contributed by atoms with Crippen LogP contribution in [-0.2, 0) is 14.8 Å². The number of fused-ring (bicyclic) bond motifs is 1. The van der Waals surface area contributed by atoms with Crippen molar-refractivity contribution in [3.05, 3.63) is 29.8 Å². The fourth-order valence-electron chi connectivity index (χ4n) is 2.62. The van der Waals surface area contributed by atoms with Gasteiger partial charge in [-0.1, -0.05) is 32.0 Å². The highest BCUT2D eigenvalue weighted by atomic mass is 32.2. The minimum absolute atomic E-state index is 0.0330. The van der Waals surface area contributed by atoms with E-state index in [-0.39, 0.29) is 30.6 Å². The second-order valence-corrected chi connectivity index (χ2v) is 7.50. The number of nitrogens with zero attached hydrogens (tertiary/aromatic N) is 1. The largest absolute Gasteiger partial charge is 0.481 e. The maximum Gasteiger partial charge on any atom is 0.304 e. The van der Waals surface area contributed by atoms with Crippen LogP contribution < -0.4 is 4.31 Å². The van der Waals surface area contributed by atoms with Crippen LogP contribution in [0.25, 0.3) is 0 Å². The van der Waals surface area contributed by atoms with E-state index >= 15 is 0 Å². The van der Waals surface area contributed by atoms with E-state index in [1.165, 1.54) is 4.31 Å². The van der Waals surface area contributed by atoms with Gasteiger partial charge < -0.3 is 5.11 Å². The molecule has 0 aromatic heterocycles. The lowest BCUT2D eigenvalue weighted by atomic mass is 9.98. The number of anilines is 1. The maximum atomic E-state index is 12.4. The van der Waals surface area contributed by atoms with E-state index in [9.17, 15) is 13.2 Å². The molecule has 0 bridgehead atoms. The summed E-state index contributed by atoms with van der Waals surface area (Å²) in [7, 11) is -3.40. The SMILES string of the molecule is CC(C)CS(=O)(=O)N1CC(CC(=O)O)c2ccccc21. The number of rotatable bonds is 5. The van der Waals surface area contributed by atoms with Gasteiger partial charge in [-0.3, -0.25) is 9.10 Å². The van der Waals surface area contributed by atoms with E-state index in [2.05, 4.69) is 0 Å². The minimum atomic E-state index is -3.40. The number of para-hydroxylation sites is 1. The number of carbonyl (C=O) groups is 1. The molecule has 20 heavy (non-hydrogen) atoms. The van der Waals surface area contributed by atoms with Crippen molar-refractivity contribution in [3.8, 4) is 0 Å². The van der Waals surface area contributed by atoms with Crippen LogP contribution in [0.2, 0.25) is 0 Å². The molecule has 0 spiro atoms. The first-order valence-corrected chi connectivity index (χ1v) is 8.23. The van der Waals surface area contributed by atoms with E-state index in [4.69, 9.17) is 5.11 Å². The van der Waals surface area contributed by atoms with Crippen molar-refractivity contribution >= 4 is 21.7 Å². The number of sulfonamides is 1. The normalized spacial score (nSPS) is 18.4. The molecule has 1 aromatic carbocycles. The lowest BCUT2D eigenvalue weighted by Crippen LogP contribution is -2.33. The van der Waals surface area contributed by atoms with Gasteiger partial charge in [-0.2, -0.15) is 0 Å². The summed E-state index contributed by atoms with van der Waals surface area (Å²) in [5.41, 5.74) is 1.43. The van der Waals surface area contributed by atoms with Crippen LogP contribution in [0.5, 0.6) is 0 Å². The van der Waals surface area contributed by atoms with Gasteiger partial charge in [0, 0.05) is 12.5 Å². The first kappa shape index (κ1) is 14.8. The molecular formula is C14H19NO4S. The second kappa shape index (κ2) is 5.44. The zero-order valence-electron chi connectivity index (χ0n) is 11.6. The van der Waals surface area contributed by atoms with E-state index < -0.39 is 16.0 Å². The first-order valence-electron chi connectivity index (χ1n) is 6.62. The molecule has 0 aliphatic carbocycles. The molecule has 1 heterocycles. The summed E-state index contributed by atoms with van der Waals surface area (Å²) in [6.45, 7) is 3.93. The molecule has 0 saturated carbocycles. The number of hydrogen-bond donors (Lipinski definition) is 1. The molecule has 1 aliphatic heterocycles. The topological polar surface area (TPSA) is 74.7 Å². The van der Waals surface area contributed by atoms with Gasteiger partial charge >= 0.3 is 5.97 Å². The molecule has 1 aromatic rings. The van der Waals surface area contributed by atoms with Gasteiger partial charge in [0.05, 0.1) is 17.9 Å². The maximum absolute atomic E-state index is 12.4. The third-order valence-electron chi connectivity index (χ3n) is 3.33. The second-order valence-electron chi connectivity index (χ2n) is 5.56. The Morgan fingerprint density at radius 2 is 2.05 bits per heavy atom. The number of hydrogen-bond acceptors (Lipinski definition) is 3. The van der Waals surface area contributed by atoms with Crippen LogP contribution in [0.15, 0.2) is 24.3 Å². The number of aliphatic carboxylic acids is 1. The quantitative estimate of drug-likeness (QED) is 0.902. The van der Waals surface area contributed by atoms with Crippen LogP contribution in [0.3, 0.4) is 0 Å². The predicted octanol–water partition coefficient (Wildman–Crippen LogP) is 2.05. The van der Waals surface area contributed by atoms with Crippen molar-refractivity contribution in [2.45, 2.75) is 26.2 Å². The van der Waals surface area contributed by atoms with Crippen molar-refractivity contribution in [1.82, 2.24) is 0 Å². The zero-order valence-corrected chi connectivity index (χ0v) is 12.4. The van der Waals surface area contributed by atoms with Gasteiger partial charge in [0.2, 0.25) is 10.0 Å². The Hall–Kier alpha value is -1.56. The third kappa shape index (κ3) is 2.95. The van der Waals surface area contributed by atoms with Crippen LogP contribution in [-0.4, -0.2) is 31.8 Å². The van der Waals surface area contributed by atoms with Crippen molar-refractivity contribution < 1.29 is 18.3 Å². The molecule has 110 valence electrons. The van der Waals surface area contributed by atoms with Crippen LogP contribution in [0.1, 0.15) is 31.7 Å². The summed E-state index contributed by atoms with van der Waals surface area (Å²) in [4.78, 5) is 10.9.